The molecule has 240 valence electrons. The lowest BCUT2D eigenvalue weighted by Gasteiger charge is -2.32. The van der Waals surface area contributed by atoms with Crippen LogP contribution in [0.15, 0.2) is 30.3 Å². The lowest BCUT2D eigenvalue weighted by Crippen LogP contribution is -2.56. The molecule has 0 aromatic heterocycles. The number of likely N-dealkylation sites (N-methyl/N-ethyl adjacent to an activating group) is 1. The molecule has 5 amide bonds. The monoisotopic (exact) mass is 611 g/mol. The van der Waals surface area contributed by atoms with Gasteiger partial charge in [0.1, 0.15) is 17.7 Å². The van der Waals surface area contributed by atoms with Crippen molar-refractivity contribution in [1.29, 1.82) is 0 Å². The van der Waals surface area contributed by atoms with Crippen LogP contribution in [0.2, 0.25) is 0 Å². The van der Waals surface area contributed by atoms with Gasteiger partial charge in [-0.15, -0.1) is 0 Å². The highest BCUT2D eigenvalue weighted by atomic mass is 16.6. The van der Waals surface area contributed by atoms with E-state index in [1.54, 1.807) is 65.2 Å². The van der Waals surface area contributed by atoms with Gasteiger partial charge in [0.05, 0.1) is 12.6 Å². The zero-order valence-corrected chi connectivity index (χ0v) is 26.6. The number of Topliss-reactive ketones (excluding diaryl/α,β-unsaturated/α-hetero) is 1. The van der Waals surface area contributed by atoms with E-state index < -0.39 is 59.9 Å². The topological polar surface area (TPSA) is 154 Å². The van der Waals surface area contributed by atoms with E-state index in [0.717, 1.165) is 12.8 Å². The molecule has 3 aliphatic rings. The molecule has 44 heavy (non-hydrogen) atoms. The maximum absolute atomic E-state index is 13.7. The molecule has 1 aromatic carbocycles. The zero-order valence-electron chi connectivity index (χ0n) is 26.6. The van der Waals surface area contributed by atoms with E-state index in [0.29, 0.717) is 12.1 Å². The van der Waals surface area contributed by atoms with Gasteiger partial charge in [-0.3, -0.25) is 28.9 Å². The van der Waals surface area contributed by atoms with Crippen LogP contribution in [0.5, 0.6) is 0 Å². The molecule has 1 aliphatic heterocycles. The number of hydrogen-bond acceptors (Lipinski definition) is 7. The quantitative estimate of drug-likeness (QED) is 0.323. The van der Waals surface area contributed by atoms with Crippen LogP contribution in [0.25, 0.3) is 0 Å². The van der Waals surface area contributed by atoms with Gasteiger partial charge in [-0.25, -0.2) is 4.79 Å². The van der Waals surface area contributed by atoms with Crippen molar-refractivity contribution in [1.82, 2.24) is 25.8 Å². The largest absolute Gasteiger partial charge is 0.444 e. The van der Waals surface area contributed by atoms with Crippen LogP contribution in [0.1, 0.15) is 65.5 Å². The molecule has 4 rings (SSSR count). The van der Waals surface area contributed by atoms with E-state index >= 15 is 0 Å². The lowest BCUT2D eigenvalue weighted by molar-refractivity contribution is -0.141. The number of carbonyl (C=O) groups is 6. The van der Waals surface area contributed by atoms with Crippen LogP contribution in [0.3, 0.4) is 0 Å². The smallest absolute Gasteiger partial charge is 0.410 e. The Morgan fingerprint density at radius 3 is 2.23 bits per heavy atom. The first-order valence-corrected chi connectivity index (χ1v) is 15.2. The highest BCUT2D eigenvalue weighted by Crippen LogP contribution is 2.65. The van der Waals surface area contributed by atoms with Gasteiger partial charge in [-0.2, -0.15) is 0 Å². The van der Waals surface area contributed by atoms with Gasteiger partial charge in [0.25, 0.3) is 5.91 Å². The second kappa shape index (κ2) is 12.6. The first kappa shape index (κ1) is 32.9. The number of amides is 5. The minimum Gasteiger partial charge on any atom is -0.444 e. The van der Waals surface area contributed by atoms with E-state index in [9.17, 15) is 28.8 Å². The number of rotatable bonds is 11. The summed E-state index contributed by atoms with van der Waals surface area (Å²) in [6, 6.07) is 5.80. The first-order valence-electron chi connectivity index (χ1n) is 15.2. The molecule has 12 nitrogen and oxygen atoms in total. The summed E-state index contributed by atoms with van der Waals surface area (Å²) in [6.45, 7) is 9.21. The summed E-state index contributed by atoms with van der Waals surface area (Å²) in [7, 11) is 3.14. The molecule has 0 spiro atoms. The third kappa shape index (κ3) is 7.57. The van der Waals surface area contributed by atoms with Crippen molar-refractivity contribution in [3.63, 3.8) is 0 Å². The van der Waals surface area contributed by atoms with Crippen molar-refractivity contribution in [2.75, 3.05) is 27.2 Å². The summed E-state index contributed by atoms with van der Waals surface area (Å²) in [5.41, 5.74) is -0.314. The molecule has 3 unspecified atom stereocenters. The zero-order chi connectivity index (χ0) is 32.6. The summed E-state index contributed by atoms with van der Waals surface area (Å²) >= 11 is 0. The van der Waals surface area contributed by atoms with Crippen molar-refractivity contribution in [3.05, 3.63) is 35.9 Å². The minimum atomic E-state index is -1.10. The van der Waals surface area contributed by atoms with Crippen LogP contribution in [0.4, 0.5) is 4.79 Å². The number of ketones is 1. The Labute approximate surface area is 258 Å². The standard InChI is InChI=1S/C32H45N5O7/c1-31(2,3)44-30(43)37-17-20-23(32(20,4)5)25(37)27(40)34-21(15-18-13-14-18)26(39)28(41)33-16-22(38)35-24(29(42)36(6)7)19-11-9-8-10-12-19/h8-12,18,20-21,23-25H,13-17H2,1-7H3,(H,33,41)(H,34,40)(H,35,38)/t20?,21?,23?,24-,25-/m0/s1. The highest BCUT2D eigenvalue weighted by molar-refractivity contribution is 6.38. The summed E-state index contributed by atoms with van der Waals surface area (Å²) in [4.78, 5) is 81.2. The fourth-order valence-electron chi connectivity index (χ4n) is 6.08. The number of hydrogen-bond donors (Lipinski definition) is 3. The Kier molecular flexibility index (Phi) is 9.41. The van der Waals surface area contributed by atoms with Gasteiger partial charge in [0.15, 0.2) is 0 Å². The molecule has 0 bridgehead atoms. The number of likely N-dealkylation sites (tertiary alicyclic amines) is 1. The molecule has 12 heteroatoms. The van der Waals surface area contributed by atoms with E-state index in [1.165, 1.54) is 9.80 Å². The number of ether oxygens (including phenoxy) is 1. The SMILES string of the molecule is CN(C)C(=O)[C@@H](NC(=O)CNC(=O)C(=O)C(CC1CC1)NC(=O)[C@@H]1C2C(CN1C(=O)OC(C)(C)C)C2(C)C)c1ccccc1. The molecular weight excluding hydrogens is 566 g/mol. The second-order valence-electron chi connectivity index (χ2n) is 14.0. The average Bonchev–Trinajstić information content (AvgIpc) is 3.80. The normalized spacial score (nSPS) is 23.0. The van der Waals surface area contributed by atoms with Gasteiger partial charge < -0.3 is 25.6 Å². The van der Waals surface area contributed by atoms with Crippen LogP contribution < -0.4 is 16.0 Å². The Bertz CT molecular complexity index is 1300. The Morgan fingerprint density at radius 1 is 1.02 bits per heavy atom. The minimum absolute atomic E-state index is 0.0911. The van der Waals surface area contributed by atoms with Gasteiger partial charge >= 0.3 is 6.09 Å². The van der Waals surface area contributed by atoms with Crippen LogP contribution >= 0.6 is 0 Å². The number of nitrogens with one attached hydrogen (secondary N) is 3. The number of piperidine rings is 1. The van der Waals surface area contributed by atoms with E-state index in [2.05, 4.69) is 29.8 Å². The summed E-state index contributed by atoms with van der Waals surface area (Å²) in [5, 5.41) is 7.74. The molecule has 2 aliphatic carbocycles. The highest BCUT2D eigenvalue weighted by Gasteiger charge is 2.70. The van der Waals surface area contributed by atoms with E-state index in [-0.39, 0.29) is 35.5 Å². The summed E-state index contributed by atoms with van der Waals surface area (Å²) < 4.78 is 5.56. The van der Waals surface area contributed by atoms with Crippen LogP contribution in [-0.2, 0) is 28.7 Å². The number of nitrogens with zero attached hydrogens (tertiary/aromatic N) is 2. The Morgan fingerprint density at radius 2 is 1.66 bits per heavy atom. The van der Waals surface area contributed by atoms with E-state index in [4.69, 9.17) is 4.74 Å². The van der Waals surface area contributed by atoms with Crippen molar-refractivity contribution >= 4 is 35.5 Å². The summed E-state index contributed by atoms with van der Waals surface area (Å²) in [6.07, 6.45) is 1.47. The second-order valence-corrected chi connectivity index (χ2v) is 14.0. The Balaban J connectivity index is 1.40. The number of benzene rings is 1. The fourth-order valence-corrected chi connectivity index (χ4v) is 6.08. The molecule has 3 N–H and O–H groups in total. The van der Waals surface area contributed by atoms with Crippen molar-refractivity contribution in [3.8, 4) is 0 Å². The van der Waals surface area contributed by atoms with Crippen LogP contribution in [-0.4, -0.2) is 90.2 Å². The molecular formula is C32H45N5O7. The maximum atomic E-state index is 13.7. The fraction of sp³-hybridized carbons (Fsp3) is 0.625. The molecule has 1 saturated heterocycles. The van der Waals surface area contributed by atoms with Gasteiger partial charge in [0.2, 0.25) is 23.5 Å². The molecule has 1 heterocycles. The van der Waals surface area contributed by atoms with Gasteiger partial charge in [-0.05, 0) is 55.9 Å². The lowest BCUT2D eigenvalue weighted by atomic mass is 9.99. The third-order valence-electron chi connectivity index (χ3n) is 8.76. The number of fused-ring (bicyclic) bond motifs is 1. The number of carbonyl (C=O) groups excluding carboxylic acids is 6. The molecule has 1 aromatic rings. The van der Waals surface area contributed by atoms with E-state index in [1.807, 2.05) is 0 Å². The van der Waals surface area contributed by atoms with Crippen molar-refractivity contribution in [2.45, 2.75) is 77.6 Å². The Hall–Kier alpha value is -3.96. The summed E-state index contributed by atoms with van der Waals surface area (Å²) in [5.74, 6) is -3.15. The molecule has 3 fully saturated rings. The van der Waals surface area contributed by atoms with Gasteiger partial charge in [-0.1, -0.05) is 57.0 Å². The molecule has 2 saturated carbocycles. The van der Waals surface area contributed by atoms with Crippen LogP contribution in [0, 0.1) is 23.2 Å². The molecule has 5 atom stereocenters. The predicted octanol–water partition coefficient (Wildman–Crippen LogP) is 1.79. The maximum Gasteiger partial charge on any atom is 0.410 e. The van der Waals surface area contributed by atoms with Crippen molar-refractivity contribution in [2.24, 2.45) is 23.2 Å². The third-order valence-corrected chi connectivity index (χ3v) is 8.76. The molecule has 0 radical (unpaired) electrons. The van der Waals surface area contributed by atoms with Crippen molar-refractivity contribution < 1.29 is 33.5 Å². The first-order chi connectivity index (χ1) is 20.5. The average molecular weight is 612 g/mol. The predicted molar refractivity (Wildman–Crippen MR) is 161 cm³/mol. The van der Waals surface area contributed by atoms with Gasteiger partial charge in [0, 0.05) is 20.6 Å².